The molecule has 0 aliphatic heterocycles. The number of nitro groups is 1. The average molecular weight is 218 g/mol. The van der Waals surface area contributed by atoms with E-state index in [1.54, 1.807) is 6.07 Å². The predicted molar refractivity (Wildman–Crippen MR) is 54.5 cm³/mol. The smallest absolute Gasteiger partial charge is 0.258 e. The van der Waals surface area contributed by atoms with Gasteiger partial charge in [0.25, 0.3) is 5.69 Å². The third kappa shape index (κ3) is 2.90. The first kappa shape index (κ1) is 10.3. The third-order valence-corrected chi connectivity index (χ3v) is 2.45. The van der Waals surface area contributed by atoms with Gasteiger partial charge in [-0.05, 0) is 11.8 Å². The highest BCUT2D eigenvalue weighted by molar-refractivity contribution is 7.99. The molecule has 0 spiro atoms. The molecule has 1 aromatic rings. The first-order chi connectivity index (χ1) is 6.13. The first-order valence-electron chi connectivity index (χ1n) is 3.71. The summed E-state index contributed by atoms with van der Waals surface area (Å²) in [6, 6.07) is 4.60. The Kier molecular flexibility index (Phi) is 3.57. The number of rotatable bonds is 3. The van der Waals surface area contributed by atoms with E-state index in [0.717, 1.165) is 10.6 Å². The van der Waals surface area contributed by atoms with Crippen LogP contribution in [0.3, 0.4) is 0 Å². The van der Waals surface area contributed by atoms with Gasteiger partial charge in [0.2, 0.25) is 0 Å². The molecule has 0 heterocycles. The standard InChI is InChI=1S/C8H8ClNO2S/c1-2-13-8-4-6(9)3-7(5-8)10(11)12/h3-5H,2H2,1H3. The van der Waals surface area contributed by atoms with Crippen LogP contribution in [0.5, 0.6) is 0 Å². The summed E-state index contributed by atoms with van der Waals surface area (Å²) in [5, 5.41) is 10.9. The lowest BCUT2D eigenvalue weighted by Crippen LogP contribution is -1.88. The molecule has 13 heavy (non-hydrogen) atoms. The van der Waals surface area contributed by atoms with Crippen LogP contribution in [0.4, 0.5) is 5.69 Å². The van der Waals surface area contributed by atoms with Crippen LogP contribution in [0.25, 0.3) is 0 Å². The van der Waals surface area contributed by atoms with Gasteiger partial charge < -0.3 is 0 Å². The van der Waals surface area contributed by atoms with E-state index in [0.29, 0.717) is 5.02 Å². The van der Waals surface area contributed by atoms with Crippen molar-refractivity contribution in [2.45, 2.75) is 11.8 Å². The highest BCUT2D eigenvalue weighted by Crippen LogP contribution is 2.27. The molecule has 0 aromatic heterocycles. The topological polar surface area (TPSA) is 43.1 Å². The Morgan fingerprint density at radius 3 is 2.77 bits per heavy atom. The van der Waals surface area contributed by atoms with Crippen molar-refractivity contribution in [3.8, 4) is 0 Å². The Morgan fingerprint density at radius 2 is 2.23 bits per heavy atom. The molecule has 3 nitrogen and oxygen atoms in total. The Morgan fingerprint density at radius 1 is 1.54 bits per heavy atom. The number of thioether (sulfide) groups is 1. The van der Waals surface area contributed by atoms with E-state index in [9.17, 15) is 10.1 Å². The molecule has 0 saturated heterocycles. The van der Waals surface area contributed by atoms with Crippen molar-refractivity contribution in [2.75, 3.05) is 5.75 Å². The third-order valence-electron chi connectivity index (χ3n) is 1.38. The van der Waals surface area contributed by atoms with Crippen LogP contribution in [0.1, 0.15) is 6.92 Å². The van der Waals surface area contributed by atoms with Crippen molar-refractivity contribution in [1.29, 1.82) is 0 Å². The molecule has 1 rings (SSSR count). The van der Waals surface area contributed by atoms with Gasteiger partial charge in [0.05, 0.1) is 4.92 Å². The van der Waals surface area contributed by atoms with E-state index in [2.05, 4.69) is 0 Å². The Bertz CT molecular complexity index is 330. The normalized spacial score (nSPS) is 10.0. The van der Waals surface area contributed by atoms with E-state index >= 15 is 0 Å². The molecule has 0 amide bonds. The van der Waals surface area contributed by atoms with Crippen molar-refractivity contribution in [2.24, 2.45) is 0 Å². The maximum absolute atomic E-state index is 10.4. The fourth-order valence-corrected chi connectivity index (χ4v) is 1.95. The van der Waals surface area contributed by atoms with E-state index in [-0.39, 0.29) is 5.69 Å². The zero-order chi connectivity index (χ0) is 9.84. The van der Waals surface area contributed by atoms with Crippen LogP contribution in [0.15, 0.2) is 23.1 Å². The molecule has 1 aromatic carbocycles. The maximum Gasteiger partial charge on any atom is 0.272 e. The van der Waals surface area contributed by atoms with Gasteiger partial charge in [-0.1, -0.05) is 18.5 Å². The van der Waals surface area contributed by atoms with E-state index < -0.39 is 4.92 Å². The van der Waals surface area contributed by atoms with E-state index in [1.807, 2.05) is 6.92 Å². The molecule has 5 heteroatoms. The summed E-state index contributed by atoms with van der Waals surface area (Å²) in [7, 11) is 0. The molecule has 0 aliphatic carbocycles. The minimum Gasteiger partial charge on any atom is -0.258 e. The number of hydrogen-bond acceptors (Lipinski definition) is 3. The number of nitrogens with zero attached hydrogens (tertiary/aromatic N) is 1. The van der Waals surface area contributed by atoms with Crippen LogP contribution in [0, 0.1) is 10.1 Å². The average Bonchev–Trinajstić information content (AvgIpc) is 2.03. The summed E-state index contributed by atoms with van der Waals surface area (Å²) in [5.41, 5.74) is 0.0449. The fourth-order valence-electron chi connectivity index (χ4n) is 0.903. The molecular weight excluding hydrogens is 210 g/mol. The van der Waals surface area contributed by atoms with Gasteiger partial charge in [-0.25, -0.2) is 0 Å². The number of hydrogen-bond donors (Lipinski definition) is 0. The summed E-state index contributed by atoms with van der Waals surface area (Å²) < 4.78 is 0. The van der Waals surface area contributed by atoms with Gasteiger partial charge in [0.15, 0.2) is 0 Å². The summed E-state index contributed by atoms with van der Waals surface area (Å²) >= 11 is 7.24. The van der Waals surface area contributed by atoms with Crippen molar-refractivity contribution >= 4 is 29.1 Å². The molecule has 0 aliphatic rings. The van der Waals surface area contributed by atoms with Crippen LogP contribution >= 0.6 is 23.4 Å². The second-order valence-corrected chi connectivity index (χ2v) is 4.11. The minimum atomic E-state index is -0.439. The molecule has 0 radical (unpaired) electrons. The highest BCUT2D eigenvalue weighted by atomic mass is 35.5. The highest BCUT2D eigenvalue weighted by Gasteiger charge is 2.08. The van der Waals surface area contributed by atoms with E-state index in [4.69, 9.17) is 11.6 Å². The summed E-state index contributed by atoms with van der Waals surface area (Å²) in [4.78, 5) is 10.8. The van der Waals surface area contributed by atoms with Gasteiger partial charge >= 0.3 is 0 Å². The van der Waals surface area contributed by atoms with Gasteiger partial charge in [0, 0.05) is 22.1 Å². The lowest BCUT2D eigenvalue weighted by Gasteiger charge is -1.99. The van der Waals surface area contributed by atoms with Crippen molar-refractivity contribution < 1.29 is 4.92 Å². The van der Waals surface area contributed by atoms with Crippen molar-refractivity contribution in [3.05, 3.63) is 33.3 Å². The van der Waals surface area contributed by atoms with E-state index in [1.165, 1.54) is 23.9 Å². The Labute approximate surface area is 85.2 Å². The largest absolute Gasteiger partial charge is 0.272 e. The second kappa shape index (κ2) is 4.48. The van der Waals surface area contributed by atoms with Crippen molar-refractivity contribution in [1.82, 2.24) is 0 Å². The van der Waals surface area contributed by atoms with Gasteiger partial charge in [-0.15, -0.1) is 11.8 Å². The monoisotopic (exact) mass is 217 g/mol. The zero-order valence-corrected chi connectivity index (χ0v) is 8.56. The lowest BCUT2D eigenvalue weighted by atomic mass is 10.3. The molecule has 0 N–H and O–H groups in total. The molecule has 0 fully saturated rings. The SMILES string of the molecule is CCSc1cc(Cl)cc([N+](=O)[O-])c1. The number of halogens is 1. The van der Waals surface area contributed by atoms with Crippen LogP contribution < -0.4 is 0 Å². The maximum atomic E-state index is 10.4. The quantitative estimate of drug-likeness (QED) is 0.443. The van der Waals surface area contributed by atoms with Gasteiger partial charge in [0.1, 0.15) is 0 Å². The molecule has 70 valence electrons. The molecule has 0 bridgehead atoms. The molecule has 0 unspecified atom stereocenters. The molecular formula is C8H8ClNO2S. The van der Waals surface area contributed by atoms with Crippen LogP contribution in [0.2, 0.25) is 5.02 Å². The Balaban J connectivity index is 3.03. The summed E-state index contributed by atoms with van der Waals surface area (Å²) in [5.74, 6) is 0.873. The molecule has 0 atom stereocenters. The Hall–Kier alpha value is -0.740. The van der Waals surface area contributed by atoms with Gasteiger partial charge in [-0.3, -0.25) is 10.1 Å². The van der Waals surface area contributed by atoms with Crippen LogP contribution in [-0.4, -0.2) is 10.7 Å². The number of nitro benzene ring substituents is 1. The van der Waals surface area contributed by atoms with Crippen molar-refractivity contribution in [3.63, 3.8) is 0 Å². The fraction of sp³-hybridized carbons (Fsp3) is 0.250. The van der Waals surface area contributed by atoms with Crippen LogP contribution in [-0.2, 0) is 0 Å². The second-order valence-electron chi connectivity index (χ2n) is 2.34. The summed E-state index contributed by atoms with van der Waals surface area (Å²) in [6.45, 7) is 1.98. The molecule has 0 saturated carbocycles. The van der Waals surface area contributed by atoms with Gasteiger partial charge in [-0.2, -0.15) is 0 Å². The summed E-state index contributed by atoms with van der Waals surface area (Å²) in [6.07, 6.45) is 0. The number of non-ortho nitro benzene ring substituents is 1. The first-order valence-corrected chi connectivity index (χ1v) is 5.07. The minimum absolute atomic E-state index is 0.0449. The lowest BCUT2D eigenvalue weighted by molar-refractivity contribution is -0.385. The zero-order valence-electron chi connectivity index (χ0n) is 6.99. The number of benzene rings is 1. The predicted octanol–water partition coefficient (Wildman–Crippen LogP) is 3.36.